The number of nitrogens with zero attached hydrogens (tertiary/aromatic N) is 2. The molecular formula is C19H18N2O3. The highest BCUT2D eigenvalue weighted by atomic mass is 16.5. The summed E-state index contributed by atoms with van der Waals surface area (Å²) in [6.07, 6.45) is 1.58. The number of esters is 1. The van der Waals surface area contributed by atoms with Crippen LogP contribution in [0.25, 0.3) is 10.9 Å². The number of carbonyl (C=O) groups excluding carboxylic acids is 2. The van der Waals surface area contributed by atoms with Crippen LogP contribution < -0.4 is 0 Å². The molecule has 1 aromatic heterocycles. The van der Waals surface area contributed by atoms with E-state index in [1.54, 1.807) is 24.3 Å². The molecule has 0 aliphatic heterocycles. The van der Waals surface area contributed by atoms with Gasteiger partial charge in [0.2, 0.25) is 5.91 Å². The third kappa shape index (κ3) is 3.35. The summed E-state index contributed by atoms with van der Waals surface area (Å²) in [4.78, 5) is 24.0. The average molecular weight is 322 g/mol. The largest absolute Gasteiger partial charge is 0.461 e. The van der Waals surface area contributed by atoms with Gasteiger partial charge in [0.15, 0.2) is 5.69 Å². The Bertz CT molecular complexity index is 869. The molecule has 0 fully saturated rings. The standard InChI is InChI=1S/C19H18N2O3/c1-14(22)21-17-12-6-5-11-16(17)18(20-21)19(23)24-13-7-10-15-8-3-2-4-9-15/h2-6,8-9,11-12H,7,10,13H2,1H3. The Morgan fingerprint density at radius 3 is 2.50 bits per heavy atom. The molecule has 3 aromatic rings. The molecule has 2 aromatic carbocycles. The van der Waals surface area contributed by atoms with Gasteiger partial charge in [-0.2, -0.15) is 9.78 Å². The summed E-state index contributed by atoms with van der Waals surface area (Å²) in [5.41, 5.74) is 2.00. The van der Waals surface area contributed by atoms with Crippen molar-refractivity contribution in [2.24, 2.45) is 0 Å². The van der Waals surface area contributed by atoms with E-state index in [0.29, 0.717) is 17.5 Å². The number of aromatic nitrogens is 2. The van der Waals surface area contributed by atoms with Gasteiger partial charge in [-0.1, -0.05) is 48.5 Å². The number of fused-ring (bicyclic) bond motifs is 1. The van der Waals surface area contributed by atoms with Crippen molar-refractivity contribution >= 4 is 22.8 Å². The molecule has 24 heavy (non-hydrogen) atoms. The van der Waals surface area contributed by atoms with E-state index in [1.165, 1.54) is 17.2 Å². The van der Waals surface area contributed by atoms with Gasteiger partial charge in [-0.25, -0.2) is 4.79 Å². The number of ether oxygens (including phenoxy) is 1. The summed E-state index contributed by atoms with van der Waals surface area (Å²) < 4.78 is 6.56. The first-order valence-corrected chi connectivity index (χ1v) is 7.86. The van der Waals surface area contributed by atoms with Crippen molar-refractivity contribution in [1.29, 1.82) is 0 Å². The maximum absolute atomic E-state index is 12.3. The van der Waals surface area contributed by atoms with Crippen LogP contribution in [-0.2, 0) is 11.2 Å². The number of rotatable bonds is 5. The molecule has 0 amide bonds. The van der Waals surface area contributed by atoms with Gasteiger partial charge in [0.1, 0.15) is 0 Å². The predicted molar refractivity (Wildman–Crippen MR) is 91.1 cm³/mol. The topological polar surface area (TPSA) is 61.2 Å². The van der Waals surface area contributed by atoms with Crippen LogP contribution in [0.15, 0.2) is 54.6 Å². The SMILES string of the molecule is CC(=O)n1nc(C(=O)OCCCc2ccccc2)c2ccccc21. The second-order valence-electron chi connectivity index (χ2n) is 5.52. The van der Waals surface area contributed by atoms with Crippen LogP contribution in [0.5, 0.6) is 0 Å². The summed E-state index contributed by atoms with van der Waals surface area (Å²) in [6.45, 7) is 1.73. The molecule has 0 aliphatic rings. The fourth-order valence-corrected chi connectivity index (χ4v) is 2.61. The Kier molecular flexibility index (Phi) is 4.70. The van der Waals surface area contributed by atoms with E-state index in [-0.39, 0.29) is 11.6 Å². The first-order chi connectivity index (χ1) is 11.7. The van der Waals surface area contributed by atoms with E-state index >= 15 is 0 Å². The molecule has 0 aliphatic carbocycles. The predicted octanol–water partition coefficient (Wildman–Crippen LogP) is 3.49. The zero-order valence-corrected chi connectivity index (χ0v) is 13.4. The molecule has 0 atom stereocenters. The highest BCUT2D eigenvalue weighted by Gasteiger charge is 2.19. The zero-order chi connectivity index (χ0) is 16.9. The van der Waals surface area contributed by atoms with E-state index < -0.39 is 5.97 Å². The van der Waals surface area contributed by atoms with Crippen molar-refractivity contribution in [2.45, 2.75) is 19.8 Å². The van der Waals surface area contributed by atoms with Crippen LogP contribution in [0.4, 0.5) is 0 Å². The summed E-state index contributed by atoms with van der Waals surface area (Å²) in [5.74, 6) is -0.742. The molecule has 3 rings (SSSR count). The Hall–Kier alpha value is -2.95. The average Bonchev–Trinajstić information content (AvgIpc) is 2.99. The molecule has 0 saturated heterocycles. The first kappa shape index (κ1) is 15.9. The van der Waals surface area contributed by atoms with Gasteiger partial charge >= 0.3 is 5.97 Å². The molecule has 0 bridgehead atoms. The van der Waals surface area contributed by atoms with Crippen LogP contribution in [0.2, 0.25) is 0 Å². The third-order valence-electron chi connectivity index (χ3n) is 3.76. The lowest BCUT2D eigenvalue weighted by molar-refractivity contribution is 0.0495. The summed E-state index contributed by atoms with van der Waals surface area (Å²) in [7, 11) is 0. The smallest absolute Gasteiger partial charge is 0.359 e. The monoisotopic (exact) mass is 322 g/mol. The van der Waals surface area contributed by atoms with E-state index in [2.05, 4.69) is 5.10 Å². The number of hydrogen-bond acceptors (Lipinski definition) is 4. The first-order valence-electron chi connectivity index (χ1n) is 7.86. The normalized spacial score (nSPS) is 10.7. The van der Waals surface area contributed by atoms with Crippen LogP contribution in [0, 0.1) is 0 Å². The highest BCUT2D eigenvalue weighted by molar-refractivity contribution is 6.04. The van der Waals surface area contributed by atoms with Crippen molar-refractivity contribution in [3.8, 4) is 0 Å². The fourth-order valence-electron chi connectivity index (χ4n) is 2.61. The summed E-state index contributed by atoms with van der Waals surface area (Å²) >= 11 is 0. The molecule has 0 unspecified atom stereocenters. The zero-order valence-electron chi connectivity index (χ0n) is 13.4. The summed E-state index contributed by atoms with van der Waals surface area (Å²) in [6, 6.07) is 17.2. The Balaban J connectivity index is 1.67. The van der Waals surface area contributed by atoms with Gasteiger partial charge in [0, 0.05) is 12.3 Å². The van der Waals surface area contributed by atoms with E-state index in [0.717, 1.165) is 12.8 Å². The van der Waals surface area contributed by atoms with Crippen molar-refractivity contribution in [2.75, 3.05) is 6.61 Å². The van der Waals surface area contributed by atoms with Gasteiger partial charge in [-0.05, 0) is 24.5 Å². The van der Waals surface area contributed by atoms with Crippen molar-refractivity contribution in [1.82, 2.24) is 9.78 Å². The van der Waals surface area contributed by atoms with Crippen LogP contribution >= 0.6 is 0 Å². The highest BCUT2D eigenvalue weighted by Crippen LogP contribution is 2.19. The summed E-state index contributed by atoms with van der Waals surface area (Å²) in [5, 5.41) is 4.74. The molecule has 0 saturated carbocycles. The second-order valence-corrected chi connectivity index (χ2v) is 5.52. The van der Waals surface area contributed by atoms with Gasteiger partial charge in [0.05, 0.1) is 12.1 Å². The lowest BCUT2D eigenvalue weighted by Gasteiger charge is -2.03. The third-order valence-corrected chi connectivity index (χ3v) is 3.76. The lowest BCUT2D eigenvalue weighted by Crippen LogP contribution is -2.11. The molecular weight excluding hydrogens is 304 g/mol. The molecule has 1 heterocycles. The molecule has 122 valence electrons. The molecule has 0 N–H and O–H groups in total. The fraction of sp³-hybridized carbons (Fsp3) is 0.211. The van der Waals surface area contributed by atoms with Gasteiger partial charge in [-0.15, -0.1) is 0 Å². The molecule has 0 spiro atoms. The molecule has 5 heteroatoms. The van der Waals surface area contributed by atoms with Crippen molar-refractivity contribution in [3.63, 3.8) is 0 Å². The number of benzene rings is 2. The number of aryl methyl sites for hydroxylation is 1. The Morgan fingerprint density at radius 1 is 1.04 bits per heavy atom. The van der Waals surface area contributed by atoms with Crippen molar-refractivity contribution in [3.05, 3.63) is 65.9 Å². The van der Waals surface area contributed by atoms with Crippen LogP contribution in [0.3, 0.4) is 0 Å². The van der Waals surface area contributed by atoms with E-state index in [9.17, 15) is 9.59 Å². The number of para-hydroxylation sites is 1. The second kappa shape index (κ2) is 7.08. The van der Waals surface area contributed by atoms with Gasteiger partial charge in [0.25, 0.3) is 0 Å². The maximum Gasteiger partial charge on any atom is 0.359 e. The number of hydrogen-bond donors (Lipinski definition) is 0. The van der Waals surface area contributed by atoms with Crippen molar-refractivity contribution < 1.29 is 14.3 Å². The number of carbonyl (C=O) groups is 2. The van der Waals surface area contributed by atoms with E-state index in [1.807, 2.05) is 30.3 Å². The molecule has 5 nitrogen and oxygen atoms in total. The maximum atomic E-state index is 12.3. The Morgan fingerprint density at radius 2 is 1.75 bits per heavy atom. The minimum absolute atomic E-state index is 0.181. The Labute approximate surface area is 139 Å². The van der Waals surface area contributed by atoms with Gasteiger partial charge in [-0.3, -0.25) is 4.79 Å². The minimum Gasteiger partial charge on any atom is -0.461 e. The quantitative estimate of drug-likeness (QED) is 0.533. The van der Waals surface area contributed by atoms with Crippen LogP contribution in [-0.4, -0.2) is 28.3 Å². The minimum atomic E-state index is -0.501. The van der Waals surface area contributed by atoms with Crippen LogP contribution in [0.1, 0.15) is 34.2 Å². The lowest BCUT2D eigenvalue weighted by atomic mass is 10.1. The van der Waals surface area contributed by atoms with E-state index in [4.69, 9.17) is 4.74 Å². The van der Waals surface area contributed by atoms with Gasteiger partial charge < -0.3 is 4.74 Å². The molecule has 0 radical (unpaired) electrons.